The van der Waals surface area contributed by atoms with Gasteiger partial charge in [0.2, 0.25) is 0 Å². The molecule has 0 bridgehead atoms. The van der Waals surface area contributed by atoms with Gasteiger partial charge in [-0.05, 0) is 78.9 Å². The summed E-state index contributed by atoms with van der Waals surface area (Å²) in [5.41, 5.74) is -0.000768. The van der Waals surface area contributed by atoms with E-state index in [9.17, 15) is 5.11 Å². The predicted molar refractivity (Wildman–Crippen MR) is 86.1 cm³/mol. The molecule has 0 aromatic heterocycles. The predicted octanol–water partition coefficient (Wildman–Crippen LogP) is 1.40. The van der Waals surface area contributed by atoms with Gasteiger partial charge in [0.15, 0.2) is 0 Å². The fourth-order valence-corrected chi connectivity index (χ4v) is 3.56. The van der Waals surface area contributed by atoms with Crippen molar-refractivity contribution in [3.8, 4) is 0 Å². The summed E-state index contributed by atoms with van der Waals surface area (Å²) in [4.78, 5) is 4.68. The van der Waals surface area contributed by atoms with Crippen molar-refractivity contribution >= 4 is 0 Å². The molecule has 0 aliphatic heterocycles. The molecular formula is C16H35N3O. The van der Waals surface area contributed by atoms with Crippen LogP contribution in [0.15, 0.2) is 0 Å². The van der Waals surface area contributed by atoms with Crippen molar-refractivity contribution in [3.05, 3.63) is 0 Å². The SMILES string of the molecule is CCNC1(CO)CCCC1CCN(C)CCCN(C)C. The fraction of sp³-hybridized carbons (Fsp3) is 1.00. The first kappa shape index (κ1) is 17.9. The molecule has 0 radical (unpaired) electrons. The summed E-state index contributed by atoms with van der Waals surface area (Å²) in [6, 6.07) is 0. The summed E-state index contributed by atoms with van der Waals surface area (Å²) in [6.45, 7) is 6.85. The van der Waals surface area contributed by atoms with Crippen LogP contribution in [0.2, 0.25) is 0 Å². The van der Waals surface area contributed by atoms with Gasteiger partial charge in [0.05, 0.1) is 6.61 Å². The van der Waals surface area contributed by atoms with Gasteiger partial charge < -0.3 is 20.2 Å². The van der Waals surface area contributed by atoms with E-state index in [2.05, 4.69) is 43.2 Å². The quantitative estimate of drug-likeness (QED) is 0.636. The molecule has 2 N–H and O–H groups in total. The Hall–Kier alpha value is -0.160. The Morgan fingerprint density at radius 2 is 1.95 bits per heavy atom. The smallest absolute Gasteiger partial charge is 0.0616 e. The Kier molecular flexibility index (Phi) is 8.03. The molecule has 4 heteroatoms. The standard InChI is InChI=1S/C16H35N3O/c1-5-17-16(14-20)10-6-8-15(16)9-13-19(4)12-7-11-18(2)3/h15,17,20H,5-14H2,1-4H3. The van der Waals surface area contributed by atoms with Crippen molar-refractivity contribution in [1.82, 2.24) is 15.1 Å². The first-order chi connectivity index (χ1) is 9.54. The Morgan fingerprint density at radius 3 is 2.55 bits per heavy atom. The van der Waals surface area contributed by atoms with Crippen LogP contribution in [0.25, 0.3) is 0 Å². The molecule has 0 saturated heterocycles. The van der Waals surface area contributed by atoms with Crippen molar-refractivity contribution in [2.24, 2.45) is 5.92 Å². The van der Waals surface area contributed by atoms with E-state index in [0.717, 1.165) is 32.6 Å². The second kappa shape index (κ2) is 8.98. The third-order valence-electron chi connectivity index (χ3n) is 4.77. The maximum Gasteiger partial charge on any atom is 0.0616 e. The van der Waals surface area contributed by atoms with E-state index in [-0.39, 0.29) is 12.1 Å². The zero-order valence-electron chi connectivity index (χ0n) is 14.0. The largest absolute Gasteiger partial charge is 0.394 e. The second-order valence-corrected chi connectivity index (χ2v) is 6.68. The summed E-state index contributed by atoms with van der Waals surface area (Å²) in [6.07, 6.45) is 6.08. The van der Waals surface area contributed by atoms with Crippen LogP contribution in [0.3, 0.4) is 0 Å². The van der Waals surface area contributed by atoms with Gasteiger partial charge >= 0.3 is 0 Å². The lowest BCUT2D eigenvalue weighted by atomic mass is 9.85. The molecule has 0 spiro atoms. The molecule has 20 heavy (non-hydrogen) atoms. The van der Waals surface area contributed by atoms with Crippen molar-refractivity contribution < 1.29 is 5.11 Å². The van der Waals surface area contributed by atoms with Crippen LogP contribution in [0.5, 0.6) is 0 Å². The first-order valence-corrected chi connectivity index (χ1v) is 8.23. The van der Waals surface area contributed by atoms with Crippen LogP contribution in [0.1, 0.15) is 39.0 Å². The summed E-state index contributed by atoms with van der Waals surface area (Å²) in [7, 11) is 6.48. The summed E-state index contributed by atoms with van der Waals surface area (Å²) >= 11 is 0. The van der Waals surface area contributed by atoms with E-state index in [1.807, 2.05) is 0 Å². The van der Waals surface area contributed by atoms with Crippen molar-refractivity contribution in [2.75, 3.05) is 53.9 Å². The molecule has 0 amide bonds. The van der Waals surface area contributed by atoms with Crippen molar-refractivity contribution in [2.45, 2.75) is 44.6 Å². The number of hydrogen-bond donors (Lipinski definition) is 2. The number of hydrogen-bond acceptors (Lipinski definition) is 4. The van der Waals surface area contributed by atoms with Gasteiger partial charge in [0.25, 0.3) is 0 Å². The molecule has 0 aromatic carbocycles. The molecule has 2 atom stereocenters. The number of aliphatic hydroxyl groups excluding tert-OH is 1. The number of rotatable bonds is 10. The van der Waals surface area contributed by atoms with Gasteiger partial charge in [-0.2, -0.15) is 0 Å². The molecule has 1 saturated carbocycles. The second-order valence-electron chi connectivity index (χ2n) is 6.68. The van der Waals surface area contributed by atoms with Gasteiger partial charge in [-0.3, -0.25) is 0 Å². The number of likely N-dealkylation sites (N-methyl/N-ethyl adjacent to an activating group) is 1. The zero-order chi connectivity index (χ0) is 15.0. The van der Waals surface area contributed by atoms with Crippen LogP contribution < -0.4 is 5.32 Å². The summed E-state index contributed by atoms with van der Waals surface area (Å²) < 4.78 is 0. The van der Waals surface area contributed by atoms with Crippen molar-refractivity contribution in [1.29, 1.82) is 0 Å². The Bertz CT molecular complexity index is 260. The topological polar surface area (TPSA) is 38.7 Å². The summed E-state index contributed by atoms with van der Waals surface area (Å²) in [5.74, 6) is 0.628. The van der Waals surface area contributed by atoms with Gasteiger partial charge in [-0.25, -0.2) is 0 Å². The summed E-state index contributed by atoms with van der Waals surface area (Å²) in [5, 5.41) is 13.4. The molecule has 1 aliphatic carbocycles. The Balaban J connectivity index is 2.32. The van der Waals surface area contributed by atoms with Gasteiger partial charge in [0.1, 0.15) is 0 Å². The average Bonchev–Trinajstić information content (AvgIpc) is 2.80. The molecule has 1 rings (SSSR count). The van der Waals surface area contributed by atoms with Crippen LogP contribution in [-0.4, -0.2) is 74.4 Å². The molecule has 4 nitrogen and oxygen atoms in total. The van der Waals surface area contributed by atoms with Gasteiger partial charge in [0, 0.05) is 5.54 Å². The number of aliphatic hydroxyl groups is 1. The highest BCUT2D eigenvalue weighted by Gasteiger charge is 2.41. The monoisotopic (exact) mass is 285 g/mol. The van der Waals surface area contributed by atoms with Crippen LogP contribution >= 0.6 is 0 Å². The van der Waals surface area contributed by atoms with E-state index in [1.165, 1.54) is 25.7 Å². The minimum absolute atomic E-state index is 0.000768. The zero-order valence-corrected chi connectivity index (χ0v) is 14.0. The Labute approximate surface area is 125 Å². The van der Waals surface area contributed by atoms with E-state index in [0.29, 0.717) is 5.92 Å². The molecule has 1 fully saturated rings. The van der Waals surface area contributed by atoms with E-state index in [1.54, 1.807) is 0 Å². The molecular weight excluding hydrogens is 250 g/mol. The van der Waals surface area contributed by atoms with Crippen LogP contribution in [-0.2, 0) is 0 Å². The number of nitrogens with zero attached hydrogens (tertiary/aromatic N) is 2. The van der Waals surface area contributed by atoms with Crippen LogP contribution in [0, 0.1) is 5.92 Å². The molecule has 0 heterocycles. The maximum atomic E-state index is 9.80. The van der Waals surface area contributed by atoms with Gasteiger partial charge in [-0.15, -0.1) is 0 Å². The average molecular weight is 285 g/mol. The fourth-order valence-electron chi connectivity index (χ4n) is 3.56. The lowest BCUT2D eigenvalue weighted by molar-refractivity contribution is 0.114. The third kappa shape index (κ3) is 5.32. The van der Waals surface area contributed by atoms with E-state index in [4.69, 9.17) is 0 Å². The van der Waals surface area contributed by atoms with Crippen molar-refractivity contribution in [3.63, 3.8) is 0 Å². The molecule has 120 valence electrons. The van der Waals surface area contributed by atoms with E-state index < -0.39 is 0 Å². The highest BCUT2D eigenvalue weighted by Crippen LogP contribution is 2.37. The molecule has 0 aromatic rings. The first-order valence-electron chi connectivity index (χ1n) is 8.23. The van der Waals surface area contributed by atoms with Gasteiger partial charge in [-0.1, -0.05) is 13.3 Å². The van der Waals surface area contributed by atoms with E-state index >= 15 is 0 Å². The molecule has 2 unspecified atom stereocenters. The minimum atomic E-state index is -0.000768. The molecule has 1 aliphatic rings. The maximum absolute atomic E-state index is 9.80. The third-order valence-corrected chi connectivity index (χ3v) is 4.77. The minimum Gasteiger partial charge on any atom is -0.394 e. The lowest BCUT2D eigenvalue weighted by Crippen LogP contribution is -2.51. The van der Waals surface area contributed by atoms with Crippen LogP contribution in [0.4, 0.5) is 0 Å². The highest BCUT2D eigenvalue weighted by atomic mass is 16.3. The Morgan fingerprint density at radius 1 is 1.20 bits per heavy atom. The number of nitrogens with one attached hydrogen (secondary N) is 1. The lowest BCUT2D eigenvalue weighted by Gasteiger charge is -2.35. The normalized spacial score (nSPS) is 26.9. The highest BCUT2D eigenvalue weighted by molar-refractivity contribution is 4.98.